The van der Waals surface area contributed by atoms with E-state index >= 15 is 0 Å². The molecule has 0 unspecified atom stereocenters. The van der Waals surface area contributed by atoms with Gasteiger partial charge in [-0.05, 0) is 50.2 Å². The molecule has 2 aliphatic rings. The summed E-state index contributed by atoms with van der Waals surface area (Å²) in [5, 5.41) is 9.69. The summed E-state index contributed by atoms with van der Waals surface area (Å²) in [6.07, 6.45) is 6.55. The van der Waals surface area contributed by atoms with Crippen LogP contribution in [0.1, 0.15) is 50.5 Å². The molecule has 0 radical (unpaired) electrons. The lowest BCUT2D eigenvalue weighted by Gasteiger charge is -2.20. The standard InChI is InChI=1S/C17H21ClO4/c1-21-14-8-12(17(6-7-17)10-16(19)20)13(18)9-15(14)22-11-4-2-3-5-11/h8-9,11H,2-7,10H2,1H3,(H,19,20). The molecule has 0 aliphatic heterocycles. The number of hydrogen-bond acceptors (Lipinski definition) is 3. The Kier molecular flexibility index (Phi) is 4.22. The molecule has 1 N–H and O–H groups in total. The molecule has 0 atom stereocenters. The summed E-state index contributed by atoms with van der Waals surface area (Å²) in [6.45, 7) is 0. The molecule has 5 heteroatoms. The molecule has 1 aromatic carbocycles. The molecule has 22 heavy (non-hydrogen) atoms. The molecule has 0 aromatic heterocycles. The van der Waals surface area contributed by atoms with E-state index in [-0.39, 0.29) is 17.9 Å². The number of carboxylic acid groups (broad SMARTS) is 1. The van der Waals surface area contributed by atoms with Crippen molar-refractivity contribution < 1.29 is 19.4 Å². The second-order valence-electron chi connectivity index (χ2n) is 6.36. The number of rotatable bonds is 6. The third kappa shape index (κ3) is 3.02. The Morgan fingerprint density at radius 2 is 2.00 bits per heavy atom. The van der Waals surface area contributed by atoms with E-state index in [0.29, 0.717) is 16.5 Å². The van der Waals surface area contributed by atoms with Crippen LogP contribution < -0.4 is 9.47 Å². The molecule has 1 aromatic rings. The van der Waals surface area contributed by atoms with Crippen LogP contribution in [0.2, 0.25) is 5.02 Å². The predicted molar refractivity (Wildman–Crippen MR) is 84.1 cm³/mol. The second-order valence-corrected chi connectivity index (χ2v) is 6.77. The minimum absolute atomic E-state index is 0.110. The maximum atomic E-state index is 11.1. The zero-order chi connectivity index (χ0) is 15.7. The van der Waals surface area contributed by atoms with Crippen LogP contribution in [0.4, 0.5) is 0 Å². The van der Waals surface area contributed by atoms with Gasteiger partial charge < -0.3 is 14.6 Å². The van der Waals surface area contributed by atoms with Crippen LogP contribution in [0, 0.1) is 0 Å². The summed E-state index contributed by atoms with van der Waals surface area (Å²) >= 11 is 6.42. The van der Waals surface area contributed by atoms with Crippen molar-refractivity contribution in [2.45, 2.75) is 56.5 Å². The van der Waals surface area contributed by atoms with Gasteiger partial charge in [0.25, 0.3) is 0 Å². The van der Waals surface area contributed by atoms with Gasteiger partial charge in [-0.3, -0.25) is 4.79 Å². The molecule has 0 amide bonds. The molecule has 0 bridgehead atoms. The molecule has 120 valence electrons. The van der Waals surface area contributed by atoms with Crippen LogP contribution in [0.3, 0.4) is 0 Å². The number of hydrogen-bond donors (Lipinski definition) is 1. The van der Waals surface area contributed by atoms with Crippen LogP contribution in [-0.2, 0) is 10.2 Å². The fraction of sp³-hybridized carbons (Fsp3) is 0.588. The molecule has 2 saturated carbocycles. The molecular formula is C17H21ClO4. The first-order valence-electron chi connectivity index (χ1n) is 7.80. The smallest absolute Gasteiger partial charge is 0.304 e. The van der Waals surface area contributed by atoms with Gasteiger partial charge in [0.2, 0.25) is 0 Å². The highest BCUT2D eigenvalue weighted by atomic mass is 35.5. The SMILES string of the molecule is COc1cc(C2(CC(=O)O)CC2)c(Cl)cc1OC1CCCC1. The third-order valence-electron chi connectivity index (χ3n) is 4.76. The monoisotopic (exact) mass is 324 g/mol. The Morgan fingerprint density at radius 1 is 1.32 bits per heavy atom. The van der Waals surface area contributed by atoms with Gasteiger partial charge in [-0.1, -0.05) is 11.6 Å². The van der Waals surface area contributed by atoms with Crippen LogP contribution in [0.15, 0.2) is 12.1 Å². The lowest BCUT2D eigenvalue weighted by atomic mass is 9.92. The van der Waals surface area contributed by atoms with E-state index in [1.54, 1.807) is 13.2 Å². The van der Waals surface area contributed by atoms with Crippen LogP contribution in [0.25, 0.3) is 0 Å². The predicted octanol–water partition coefficient (Wildman–Crippen LogP) is 4.18. The van der Waals surface area contributed by atoms with Gasteiger partial charge in [-0.2, -0.15) is 0 Å². The summed E-state index contributed by atoms with van der Waals surface area (Å²) in [5.74, 6) is 0.510. The van der Waals surface area contributed by atoms with Gasteiger partial charge in [0.1, 0.15) is 0 Å². The highest BCUT2D eigenvalue weighted by Crippen LogP contribution is 2.55. The molecule has 2 aliphatic carbocycles. The highest BCUT2D eigenvalue weighted by Gasteiger charge is 2.47. The van der Waals surface area contributed by atoms with Gasteiger partial charge in [0.15, 0.2) is 11.5 Å². The van der Waals surface area contributed by atoms with E-state index in [1.807, 2.05) is 6.07 Å². The van der Waals surface area contributed by atoms with Crippen molar-refractivity contribution >= 4 is 17.6 Å². The average molecular weight is 325 g/mol. The quantitative estimate of drug-likeness (QED) is 0.853. The van der Waals surface area contributed by atoms with Crippen molar-refractivity contribution in [3.63, 3.8) is 0 Å². The van der Waals surface area contributed by atoms with Crippen molar-refractivity contribution in [3.05, 3.63) is 22.7 Å². The van der Waals surface area contributed by atoms with Gasteiger partial charge in [0.05, 0.1) is 19.6 Å². The van der Waals surface area contributed by atoms with Gasteiger partial charge in [0, 0.05) is 16.5 Å². The summed E-state index contributed by atoms with van der Waals surface area (Å²) < 4.78 is 11.5. The minimum Gasteiger partial charge on any atom is -0.493 e. The van der Waals surface area contributed by atoms with Crippen LogP contribution in [0.5, 0.6) is 11.5 Å². The Labute approximate surface area is 135 Å². The van der Waals surface area contributed by atoms with E-state index in [2.05, 4.69) is 0 Å². The summed E-state index contributed by atoms with van der Waals surface area (Å²) in [4.78, 5) is 11.1. The highest BCUT2D eigenvalue weighted by molar-refractivity contribution is 6.31. The van der Waals surface area contributed by atoms with Crippen molar-refractivity contribution in [3.8, 4) is 11.5 Å². The lowest BCUT2D eigenvalue weighted by molar-refractivity contribution is -0.137. The Balaban J connectivity index is 1.88. The van der Waals surface area contributed by atoms with Gasteiger partial charge in [-0.15, -0.1) is 0 Å². The molecule has 0 spiro atoms. The number of ether oxygens (including phenoxy) is 2. The second kappa shape index (κ2) is 5.99. The van der Waals surface area contributed by atoms with Gasteiger partial charge >= 0.3 is 5.97 Å². The third-order valence-corrected chi connectivity index (χ3v) is 5.08. The van der Waals surface area contributed by atoms with E-state index in [0.717, 1.165) is 31.2 Å². The largest absolute Gasteiger partial charge is 0.493 e. The molecular weight excluding hydrogens is 304 g/mol. The zero-order valence-corrected chi connectivity index (χ0v) is 13.5. The summed E-state index contributed by atoms with van der Waals surface area (Å²) in [7, 11) is 1.60. The normalized spacial score (nSPS) is 19.9. The van der Waals surface area contributed by atoms with Crippen molar-refractivity contribution in [1.82, 2.24) is 0 Å². The zero-order valence-electron chi connectivity index (χ0n) is 12.7. The maximum absolute atomic E-state index is 11.1. The van der Waals surface area contributed by atoms with Crippen molar-refractivity contribution in [1.29, 1.82) is 0 Å². The Bertz CT molecular complexity index is 574. The van der Waals surface area contributed by atoms with Crippen LogP contribution >= 0.6 is 11.6 Å². The average Bonchev–Trinajstić information content (AvgIpc) is 3.04. The van der Waals surface area contributed by atoms with Crippen molar-refractivity contribution in [2.24, 2.45) is 0 Å². The Morgan fingerprint density at radius 3 is 2.55 bits per heavy atom. The number of carbonyl (C=O) groups is 1. The molecule has 0 saturated heterocycles. The number of aliphatic carboxylic acids is 1. The minimum atomic E-state index is -0.793. The molecule has 0 heterocycles. The lowest BCUT2D eigenvalue weighted by Crippen LogP contribution is -2.15. The molecule has 3 rings (SSSR count). The van der Waals surface area contributed by atoms with Crippen LogP contribution in [-0.4, -0.2) is 24.3 Å². The molecule has 2 fully saturated rings. The number of halogens is 1. The topological polar surface area (TPSA) is 55.8 Å². The number of methoxy groups -OCH3 is 1. The first-order chi connectivity index (χ1) is 10.5. The first-order valence-corrected chi connectivity index (χ1v) is 8.18. The summed E-state index contributed by atoms with van der Waals surface area (Å²) in [5.41, 5.74) is 0.537. The summed E-state index contributed by atoms with van der Waals surface area (Å²) in [6, 6.07) is 3.65. The first kappa shape index (κ1) is 15.5. The van der Waals surface area contributed by atoms with Crippen molar-refractivity contribution in [2.75, 3.05) is 7.11 Å². The van der Waals surface area contributed by atoms with Gasteiger partial charge in [-0.25, -0.2) is 0 Å². The van der Waals surface area contributed by atoms with E-state index in [9.17, 15) is 4.79 Å². The number of benzene rings is 1. The Hall–Kier alpha value is -1.42. The van der Waals surface area contributed by atoms with E-state index < -0.39 is 5.97 Å². The van der Waals surface area contributed by atoms with E-state index in [1.165, 1.54) is 12.8 Å². The fourth-order valence-corrected chi connectivity index (χ4v) is 3.71. The number of carboxylic acids is 1. The maximum Gasteiger partial charge on any atom is 0.304 e. The fourth-order valence-electron chi connectivity index (χ4n) is 3.36. The van der Waals surface area contributed by atoms with E-state index in [4.69, 9.17) is 26.2 Å². The molecule has 4 nitrogen and oxygen atoms in total.